The predicted octanol–water partition coefficient (Wildman–Crippen LogP) is 2.15. The summed E-state index contributed by atoms with van der Waals surface area (Å²) < 4.78 is 1.98. The number of aryl methyl sites for hydroxylation is 2. The maximum atomic E-state index is 12.1. The van der Waals surface area contributed by atoms with Gasteiger partial charge >= 0.3 is 0 Å². The second kappa shape index (κ2) is 10.6. The molecule has 7 heteroatoms. The first-order valence-electron chi connectivity index (χ1n) is 10.2. The molecule has 0 saturated heterocycles. The van der Waals surface area contributed by atoms with Crippen molar-refractivity contribution in [3.63, 3.8) is 0 Å². The first-order valence-corrected chi connectivity index (χ1v) is 10.2. The second-order valence-corrected chi connectivity index (χ2v) is 7.21. The van der Waals surface area contributed by atoms with Gasteiger partial charge in [0.05, 0.1) is 5.69 Å². The number of aliphatic imine (C=N–C) groups is 1. The average Bonchev–Trinajstić information content (AvgIpc) is 3.04. The predicted molar refractivity (Wildman–Crippen MR) is 118 cm³/mol. The zero-order valence-electron chi connectivity index (χ0n) is 18.5. The lowest BCUT2D eigenvalue weighted by Gasteiger charge is -2.14. The fourth-order valence-corrected chi connectivity index (χ4v) is 3.43. The van der Waals surface area contributed by atoms with Crippen LogP contribution in [-0.4, -0.2) is 54.2 Å². The highest BCUT2D eigenvalue weighted by molar-refractivity contribution is 5.94. The van der Waals surface area contributed by atoms with Crippen LogP contribution in [0.5, 0.6) is 0 Å². The van der Waals surface area contributed by atoms with Crippen molar-refractivity contribution < 1.29 is 4.79 Å². The molecule has 7 nitrogen and oxygen atoms in total. The Labute approximate surface area is 174 Å². The molecule has 0 aliphatic rings. The molecule has 0 atom stereocenters. The molecule has 2 rings (SSSR count). The van der Waals surface area contributed by atoms with E-state index in [2.05, 4.69) is 34.6 Å². The number of aromatic nitrogens is 2. The summed E-state index contributed by atoms with van der Waals surface area (Å²) in [7, 11) is 7.31. The maximum absolute atomic E-state index is 12.1. The Bertz CT molecular complexity index is 853. The van der Waals surface area contributed by atoms with Crippen LogP contribution in [0.25, 0.3) is 0 Å². The lowest BCUT2D eigenvalue weighted by Crippen LogP contribution is -2.38. The topological polar surface area (TPSA) is 74.5 Å². The largest absolute Gasteiger partial charge is 0.356 e. The van der Waals surface area contributed by atoms with Gasteiger partial charge in [-0.3, -0.25) is 14.5 Å². The van der Waals surface area contributed by atoms with E-state index < -0.39 is 0 Å². The Balaban J connectivity index is 1.92. The molecule has 0 radical (unpaired) electrons. The number of benzene rings is 1. The summed E-state index contributed by atoms with van der Waals surface area (Å²) >= 11 is 0. The molecule has 1 heterocycles. The van der Waals surface area contributed by atoms with E-state index in [1.165, 1.54) is 11.3 Å². The van der Waals surface area contributed by atoms with Gasteiger partial charge in [-0.2, -0.15) is 5.10 Å². The van der Waals surface area contributed by atoms with Crippen LogP contribution < -0.4 is 10.6 Å². The Morgan fingerprint density at radius 2 is 1.97 bits per heavy atom. The Morgan fingerprint density at radius 1 is 1.21 bits per heavy atom. The number of hydrogen-bond acceptors (Lipinski definition) is 3. The van der Waals surface area contributed by atoms with Gasteiger partial charge in [-0.1, -0.05) is 26.0 Å². The molecular weight excluding hydrogens is 364 g/mol. The highest BCUT2D eigenvalue weighted by atomic mass is 16.2. The highest BCUT2D eigenvalue weighted by Crippen LogP contribution is 2.15. The molecule has 0 unspecified atom stereocenters. The summed E-state index contributed by atoms with van der Waals surface area (Å²) in [6.07, 6.45) is 2.68. The van der Waals surface area contributed by atoms with Gasteiger partial charge in [0.2, 0.25) is 0 Å². The lowest BCUT2D eigenvalue weighted by atomic mass is 10.1. The van der Waals surface area contributed by atoms with Crippen LogP contribution in [0.4, 0.5) is 0 Å². The van der Waals surface area contributed by atoms with Crippen LogP contribution in [0.2, 0.25) is 0 Å². The van der Waals surface area contributed by atoms with Crippen molar-refractivity contribution in [3.05, 3.63) is 52.3 Å². The van der Waals surface area contributed by atoms with Gasteiger partial charge in [-0.05, 0) is 37.0 Å². The van der Waals surface area contributed by atoms with Crippen molar-refractivity contribution in [2.75, 3.05) is 27.7 Å². The summed E-state index contributed by atoms with van der Waals surface area (Å²) in [4.78, 5) is 18.0. The van der Waals surface area contributed by atoms with Gasteiger partial charge < -0.3 is 15.5 Å². The van der Waals surface area contributed by atoms with E-state index in [4.69, 9.17) is 0 Å². The van der Waals surface area contributed by atoms with Crippen molar-refractivity contribution in [1.82, 2.24) is 25.3 Å². The van der Waals surface area contributed by atoms with E-state index in [9.17, 15) is 4.79 Å². The molecule has 2 N–H and O–H groups in total. The maximum Gasteiger partial charge on any atom is 0.253 e. The fraction of sp³-hybridized carbons (Fsp3) is 0.500. The minimum atomic E-state index is 0.0206. The van der Waals surface area contributed by atoms with Crippen molar-refractivity contribution in [3.8, 4) is 0 Å². The standard InChI is InChI=1S/C22H34N6O/c1-7-19-18(20(8-2)28(6)26-19)15-25-22(23-3)24-13-12-16-10-9-11-17(14-16)21(29)27(4)5/h9-11,14H,7-8,12-13,15H2,1-6H3,(H2,23,24,25). The van der Waals surface area contributed by atoms with Crippen LogP contribution in [0, 0.1) is 0 Å². The number of nitrogens with zero attached hydrogens (tertiary/aromatic N) is 4. The first kappa shape index (κ1) is 22.5. The second-order valence-electron chi connectivity index (χ2n) is 7.21. The van der Waals surface area contributed by atoms with E-state index in [1.54, 1.807) is 26.0 Å². The Kier molecular flexibility index (Phi) is 8.24. The van der Waals surface area contributed by atoms with E-state index in [0.29, 0.717) is 12.1 Å². The minimum absolute atomic E-state index is 0.0206. The van der Waals surface area contributed by atoms with E-state index in [-0.39, 0.29) is 5.91 Å². The van der Waals surface area contributed by atoms with Crippen LogP contribution in [0.3, 0.4) is 0 Å². The average molecular weight is 399 g/mol. The third-order valence-electron chi connectivity index (χ3n) is 4.97. The Morgan fingerprint density at radius 3 is 2.59 bits per heavy atom. The number of carbonyl (C=O) groups excluding carboxylic acids is 1. The number of rotatable bonds is 8. The van der Waals surface area contributed by atoms with Gasteiger partial charge in [0, 0.05) is 58.1 Å². The Hall–Kier alpha value is -2.83. The molecule has 2 aromatic rings. The van der Waals surface area contributed by atoms with Crippen molar-refractivity contribution in [2.45, 2.75) is 39.7 Å². The summed E-state index contributed by atoms with van der Waals surface area (Å²) in [5.74, 6) is 0.783. The third kappa shape index (κ3) is 5.82. The number of amides is 1. The van der Waals surface area contributed by atoms with Gasteiger partial charge in [-0.15, -0.1) is 0 Å². The summed E-state index contributed by atoms with van der Waals surface area (Å²) in [5.41, 5.74) is 5.48. The van der Waals surface area contributed by atoms with E-state index in [1.807, 2.05) is 36.0 Å². The molecule has 0 aliphatic carbocycles. The van der Waals surface area contributed by atoms with Gasteiger partial charge in [0.1, 0.15) is 0 Å². The molecule has 1 aromatic heterocycles. The van der Waals surface area contributed by atoms with Crippen LogP contribution in [-0.2, 0) is 32.9 Å². The molecular formula is C22H34N6O. The van der Waals surface area contributed by atoms with Crippen LogP contribution >= 0.6 is 0 Å². The number of hydrogen-bond donors (Lipinski definition) is 2. The zero-order valence-corrected chi connectivity index (χ0v) is 18.5. The molecule has 1 aromatic carbocycles. The van der Waals surface area contributed by atoms with Crippen molar-refractivity contribution >= 4 is 11.9 Å². The smallest absolute Gasteiger partial charge is 0.253 e. The monoisotopic (exact) mass is 398 g/mol. The molecule has 29 heavy (non-hydrogen) atoms. The summed E-state index contributed by atoms with van der Waals surface area (Å²) in [5, 5.41) is 11.4. The SMILES string of the molecule is CCc1nn(C)c(CC)c1CNC(=NC)NCCc1cccc(C(=O)N(C)C)c1. The summed E-state index contributed by atoms with van der Waals surface area (Å²) in [6, 6.07) is 7.78. The number of guanidine groups is 1. The van der Waals surface area contributed by atoms with Gasteiger partial charge in [0.15, 0.2) is 5.96 Å². The number of carbonyl (C=O) groups is 1. The minimum Gasteiger partial charge on any atom is -0.356 e. The highest BCUT2D eigenvalue weighted by Gasteiger charge is 2.14. The van der Waals surface area contributed by atoms with Crippen LogP contribution in [0.15, 0.2) is 29.3 Å². The summed E-state index contributed by atoms with van der Waals surface area (Å²) in [6.45, 7) is 5.72. The zero-order chi connectivity index (χ0) is 21.4. The van der Waals surface area contributed by atoms with E-state index >= 15 is 0 Å². The quantitative estimate of drug-likeness (QED) is 0.528. The molecule has 0 fully saturated rings. The molecule has 158 valence electrons. The van der Waals surface area contributed by atoms with E-state index in [0.717, 1.165) is 43.0 Å². The molecule has 0 spiro atoms. The number of nitrogens with one attached hydrogen (secondary N) is 2. The van der Waals surface area contributed by atoms with Crippen molar-refractivity contribution in [2.24, 2.45) is 12.0 Å². The normalized spacial score (nSPS) is 11.4. The lowest BCUT2D eigenvalue weighted by molar-refractivity contribution is 0.0827. The molecule has 1 amide bonds. The van der Waals surface area contributed by atoms with Crippen LogP contribution in [0.1, 0.15) is 46.7 Å². The third-order valence-corrected chi connectivity index (χ3v) is 4.97. The molecule has 0 saturated carbocycles. The molecule has 0 bridgehead atoms. The fourth-order valence-electron chi connectivity index (χ4n) is 3.43. The van der Waals surface area contributed by atoms with Crippen molar-refractivity contribution in [1.29, 1.82) is 0 Å². The van der Waals surface area contributed by atoms with Gasteiger partial charge in [0.25, 0.3) is 5.91 Å². The first-order chi connectivity index (χ1) is 13.9. The van der Waals surface area contributed by atoms with Gasteiger partial charge in [-0.25, -0.2) is 0 Å². The molecule has 0 aliphatic heterocycles.